The first-order valence-electron chi connectivity index (χ1n) is 6.62. The van der Waals surface area contributed by atoms with Gasteiger partial charge in [-0.05, 0) is 25.6 Å². The van der Waals surface area contributed by atoms with E-state index in [-0.39, 0.29) is 21.0 Å². The Balaban J connectivity index is 2.39. The first-order valence-corrected chi connectivity index (χ1v) is 9.61. The Kier molecular flexibility index (Phi) is 5.60. The van der Waals surface area contributed by atoms with E-state index in [0.29, 0.717) is 24.1 Å². The fraction of sp³-hybridized carbons (Fsp3) is 0.538. The van der Waals surface area contributed by atoms with Crippen LogP contribution in [0, 0.1) is 0 Å². The van der Waals surface area contributed by atoms with E-state index >= 15 is 0 Å². The van der Waals surface area contributed by atoms with Gasteiger partial charge in [0.2, 0.25) is 10.0 Å². The molecule has 0 aliphatic carbocycles. The average Bonchev–Trinajstić information content (AvgIpc) is 2.37. The third kappa shape index (κ3) is 3.57. The fourth-order valence-electron chi connectivity index (χ4n) is 2.48. The summed E-state index contributed by atoms with van der Waals surface area (Å²) in [5, 5.41) is 0.280. The molecule has 1 aromatic carbocycles. The topological polar surface area (TPSA) is 40.6 Å². The Bertz CT molecular complexity index is 616. The standard InChI is InChI=1S/C13H17BrCl2N2O2S/c1-3-10-8-18(5-4-17(10)2)21(19,20)13-11(15)6-9(14)7-12(13)16/h6-7,10H,3-5,8H2,1-2H3. The zero-order valence-electron chi connectivity index (χ0n) is 11.8. The Hall–Kier alpha value is 0.150. The number of hydrogen-bond acceptors (Lipinski definition) is 3. The number of nitrogens with zero attached hydrogens (tertiary/aromatic N) is 2. The molecule has 1 fully saturated rings. The molecule has 1 saturated heterocycles. The third-order valence-corrected chi connectivity index (χ3v) is 7.02. The normalized spacial score (nSPS) is 21.7. The van der Waals surface area contributed by atoms with Crippen molar-refractivity contribution < 1.29 is 8.42 Å². The van der Waals surface area contributed by atoms with Crippen molar-refractivity contribution in [3.05, 3.63) is 26.7 Å². The Labute approximate surface area is 144 Å². The van der Waals surface area contributed by atoms with Crippen LogP contribution in [0.15, 0.2) is 21.5 Å². The molecule has 0 N–H and O–H groups in total. The SMILES string of the molecule is CCC1CN(S(=O)(=O)c2c(Cl)cc(Br)cc2Cl)CCN1C. The largest absolute Gasteiger partial charge is 0.301 e. The lowest BCUT2D eigenvalue weighted by molar-refractivity contribution is 0.144. The average molecular weight is 416 g/mol. The van der Waals surface area contributed by atoms with Gasteiger partial charge in [0.05, 0.1) is 10.0 Å². The Morgan fingerprint density at radius 3 is 2.38 bits per heavy atom. The number of hydrogen-bond donors (Lipinski definition) is 0. The van der Waals surface area contributed by atoms with E-state index in [1.165, 1.54) is 4.31 Å². The minimum atomic E-state index is -3.68. The summed E-state index contributed by atoms with van der Waals surface area (Å²) in [6, 6.07) is 3.31. The highest BCUT2D eigenvalue weighted by molar-refractivity contribution is 9.10. The minimum absolute atomic E-state index is 0.00607. The maximum Gasteiger partial charge on any atom is 0.246 e. The quantitative estimate of drug-likeness (QED) is 0.758. The number of likely N-dealkylation sites (N-methyl/N-ethyl adjacent to an activating group) is 1. The van der Waals surface area contributed by atoms with Crippen LogP contribution in [0.2, 0.25) is 10.0 Å². The molecule has 0 radical (unpaired) electrons. The van der Waals surface area contributed by atoms with Crippen molar-refractivity contribution in [1.29, 1.82) is 0 Å². The lowest BCUT2D eigenvalue weighted by Gasteiger charge is -2.38. The molecule has 0 bridgehead atoms. The summed E-state index contributed by atoms with van der Waals surface area (Å²) in [6.07, 6.45) is 0.893. The summed E-state index contributed by atoms with van der Waals surface area (Å²) in [4.78, 5) is 2.17. The van der Waals surface area contributed by atoms with Gasteiger partial charge in [0.25, 0.3) is 0 Å². The molecule has 8 heteroatoms. The molecule has 1 atom stereocenters. The van der Waals surface area contributed by atoms with Gasteiger partial charge in [-0.2, -0.15) is 4.31 Å². The number of rotatable bonds is 3. The van der Waals surface area contributed by atoms with Crippen molar-refractivity contribution in [3.8, 4) is 0 Å². The molecular weight excluding hydrogens is 399 g/mol. The lowest BCUT2D eigenvalue weighted by Crippen LogP contribution is -2.52. The predicted molar refractivity (Wildman–Crippen MR) is 89.6 cm³/mol. The summed E-state index contributed by atoms with van der Waals surface area (Å²) in [7, 11) is -1.67. The first-order chi connectivity index (χ1) is 9.77. The Morgan fingerprint density at radius 2 is 1.86 bits per heavy atom. The summed E-state index contributed by atoms with van der Waals surface area (Å²) in [5.74, 6) is 0. The van der Waals surface area contributed by atoms with Crippen molar-refractivity contribution in [2.75, 3.05) is 26.7 Å². The molecule has 0 amide bonds. The molecule has 1 unspecified atom stereocenters. The highest BCUT2D eigenvalue weighted by Crippen LogP contribution is 2.35. The van der Waals surface area contributed by atoms with Crippen LogP contribution in [0.1, 0.15) is 13.3 Å². The molecule has 0 spiro atoms. The van der Waals surface area contributed by atoms with Crippen LogP contribution in [0.3, 0.4) is 0 Å². The monoisotopic (exact) mass is 414 g/mol. The van der Waals surface area contributed by atoms with Crippen molar-refractivity contribution in [3.63, 3.8) is 0 Å². The van der Waals surface area contributed by atoms with E-state index in [0.717, 1.165) is 6.42 Å². The van der Waals surface area contributed by atoms with Crippen molar-refractivity contribution in [2.24, 2.45) is 0 Å². The molecule has 1 aliphatic rings. The van der Waals surface area contributed by atoms with Gasteiger partial charge < -0.3 is 4.90 Å². The minimum Gasteiger partial charge on any atom is -0.301 e. The van der Waals surface area contributed by atoms with Crippen LogP contribution in [-0.4, -0.2) is 50.3 Å². The van der Waals surface area contributed by atoms with Gasteiger partial charge in [-0.1, -0.05) is 46.1 Å². The fourth-order valence-corrected chi connectivity index (χ4v) is 5.83. The summed E-state index contributed by atoms with van der Waals surface area (Å²) < 4.78 is 27.8. The maximum absolute atomic E-state index is 12.8. The van der Waals surface area contributed by atoms with E-state index in [4.69, 9.17) is 23.2 Å². The molecule has 0 saturated carbocycles. The van der Waals surface area contributed by atoms with Crippen molar-refractivity contribution >= 4 is 49.2 Å². The van der Waals surface area contributed by atoms with Gasteiger partial charge in [-0.25, -0.2) is 8.42 Å². The molecule has 1 heterocycles. The maximum atomic E-state index is 12.8. The third-order valence-electron chi connectivity index (χ3n) is 3.77. The highest BCUT2D eigenvalue weighted by atomic mass is 79.9. The lowest BCUT2D eigenvalue weighted by atomic mass is 10.1. The molecule has 2 rings (SSSR count). The first kappa shape index (κ1) is 17.5. The van der Waals surface area contributed by atoms with E-state index in [1.807, 2.05) is 7.05 Å². The van der Waals surface area contributed by atoms with E-state index in [1.54, 1.807) is 12.1 Å². The highest BCUT2D eigenvalue weighted by Gasteiger charge is 2.34. The zero-order chi connectivity index (χ0) is 15.8. The number of benzene rings is 1. The number of sulfonamides is 1. The molecular formula is C13H17BrCl2N2O2S. The summed E-state index contributed by atoms with van der Waals surface area (Å²) >= 11 is 15.5. The second-order valence-electron chi connectivity index (χ2n) is 5.10. The van der Waals surface area contributed by atoms with Gasteiger partial charge in [0, 0.05) is 30.1 Å². The van der Waals surface area contributed by atoms with Gasteiger partial charge in [-0.15, -0.1) is 0 Å². The van der Waals surface area contributed by atoms with E-state index in [2.05, 4.69) is 27.8 Å². The molecule has 1 aromatic rings. The van der Waals surface area contributed by atoms with Gasteiger partial charge in [-0.3, -0.25) is 0 Å². The molecule has 1 aliphatic heterocycles. The number of halogens is 3. The van der Waals surface area contributed by atoms with Crippen LogP contribution in [0.5, 0.6) is 0 Å². The second-order valence-corrected chi connectivity index (χ2v) is 8.71. The number of piperazine rings is 1. The van der Waals surface area contributed by atoms with Crippen LogP contribution in [-0.2, 0) is 10.0 Å². The molecule has 118 valence electrons. The van der Waals surface area contributed by atoms with Crippen molar-refractivity contribution in [2.45, 2.75) is 24.3 Å². The summed E-state index contributed by atoms with van der Waals surface area (Å²) in [6.45, 7) is 3.65. The van der Waals surface area contributed by atoms with Crippen LogP contribution < -0.4 is 0 Å². The van der Waals surface area contributed by atoms with E-state index < -0.39 is 10.0 Å². The molecule has 21 heavy (non-hydrogen) atoms. The van der Waals surface area contributed by atoms with Crippen LogP contribution in [0.25, 0.3) is 0 Å². The van der Waals surface area contributed by atoms with Crippen LogP contribution in [0.4, 0.5) is 0 Å². The second kappa shape index (κ2) is 6.72. The summed E-state index contributed by atoms with van der Waals surface area (Å²) in [5.41, 5.74) is 0. The smallest absolute Gasteiger partial charge is 0.246 e. The van der Waals surface area contributed by atoms with Gasteiger partial charge in [0.1, 0.15) is 4.90 Å². The predicted octanol–water partition coefficient (Wildman–Crippen LogP) is 3.47. The van der Waals surface area contributed by atoms with Gasteiger partial charge in [0.15, 0.2) is 0 Å². The molecule has 0 aromatic heterocycles. The van der Waals surface area contributed by atoms with E-state index in [9.17, 15) is 8.42 Å². The molecule has 4 nitrogen and oxygen atoms in total. The van der Waals surface area contributed by atoms with Crippen LogP contribution >= 0.6 is 39.1 Å². The van der Waals surface area contributed by atoms with Gasteiger partial charge >= 0.3 is 0 Å². The zero-order valence-corrected chi connectivity index (χ0v) is 15.7. The van der Waals surface area contributed by atoms with Crippen molar-refractivity contribution in [1.82, 2.24) is 9.21 Å². The Morgan fingerprint density at radius 1 is 1.29 bits per heavy atom.